The SMILES string of the molecule is CC(=O)N[C@H](CCCCCC(=O)C(F)(F)F)C(=O)O. The molecule has 0 saturated heterocycles. The highest BCUT2D eigenvalue weighted by Crippen LogP contribution is 2.19. The van der Waals surface area contributed by atoms with Crippen molar-refractivity contribution in [1.82, 2.24) is 5.32 Å². The van der Waals surface area contributed by atoms with Gasteiger partial charge in [0.25, 0.3) is 0 Å². The van der Waals surface area contributed by atoms with Crippen LogP contribution in [0.1, 0.15) is 39.0 Å². The van der Waals surface area contributed by atoms with Gasteiger partial charge in [0.05, 0.1) is 0 Å². The van der Waals surface area contributed by atoms with Crippen LogP contribution in [-0.4, -0.2) is 35.0 Å². The minimum atomic E-state index is -4.81. The van der Waals surface area contributed by atoms with Gasteiger partial charge in [0.1, 0.15) is 6.04 Å². The maximum atomic E-state index is 11.9. The van der Waals surface area contributed by atoms with Gasteiger partial charge in [-0.25, -0.2) is 4.79 Å². The first-order chi connectivity index (χ1) is 8.64. The van der Waals surface area contributed by atoms with E-state index < -0.39 is 36.3 Å². The Kier molecular flexibility index (Phi) is 7.10. The average molecular weight is 283 g/mol. The molecule has 2 N–H and O–H groups in total. The number of hydrogen-bond acceptors (Lipinski definition) is 3. The zero-order chi connectivity index (χ0) is 15.1. The summed E-state index contributed by atoms with van der Waals surface area (Å²) in [7, 11) is 0. The standard InChI is InChI=1S/C11H16F3NO4/c1-7(16)15-8(10(18)19)5-3-2-4-6-9(17)11(12,13)14/h8H,2-6H2,1H3,(H,15,16)(H,18,19)/t8-/m1/s1. The Hall–Kier alpha value is -1.60. The molecule has 0 radical (unpaired) electrons. The molecule has 0 saturated carbocycles. The van der Waals surface area contributed by atoms with E-state index in [2.05, 4.69) is 5.32 Å². The van der Waals surface area contributed by atoms with Gasteiger partial charge in [-0.1, -0.05) is 12.8 Å². The van der Waals surface area contributed by atoms with Gasteiger partial charge in [-0.2, -0.15) is 13.2 Å². The van der Waals surface area contributed by atoms with Gasteiger partial charge in [-0.15, -0.1) is 0 Å². The number of carbonyl (C=O) groups is 3. The lowest BCUT2D eigenvalue weighted by molar-refractivity contribution is -0.171. The van der Waals surface area contributed by atoms with Gasteiger partial charge in [0, 0.05) is 13.3 Å². The average Bonchev–Trinajstić information content (AvgIpc) is 2.24. The summed E-state index contributed by atoms with van der Waals surface area (Å²) in [6, 6.07) is -1.05. The minimum absolute atomic E-state index is 0.0464. The van der Waals surface area contributed by atoms with Crippen molar-refractivity contribution in [3.8, 4) is 0 Å². The molecule has 0 unspecified atom stereocenters. The molecule has 110 valence electrons. The van der Waals surface area contributed by atoms with Crippen LogP contribution in [0.15, 0.2) is 0 Å². The third-order valence-corrected chi connectivity index (χ3v) is 2.39. The highest BCUT2D eigenvalue weighted by molar-refractivity contribution is 5.84. The van der Waals surface area contributed by atoms with Gasteiger partial charge in [0.15, 0.2) is 0 Å². The first-order valence-corrected chi connectivity index (χ1v) is 5.74. The van der Waals surface area contributed by atoms with Crippen molar-refractivity contribution in [2.45, 2.75) is 51.2 Å². The number of ketones is 1. The van der Waals surface area contributed by atoms with E-state index in [0.717, 1.165) is 0 Å². The smallest absolute Gasteiger partial charge is 0.449 e. The zero-order valence-electron chi connectivity index (χ0n) is 10.4. The second kappa shape index (κ2) is 7.75. The van der Waals surface area contributed by atoms with Crippen molar-refractivity contribution in [1.29, 1.82) is 0 Å². The molecule has 0 spiro atoms. The highest BCUT2D eigenvalue weighted by Gasteiger charge is 2.37. The number of hydrogen-bond donors (Lipinski definition) is 2. The Morgan fingerprint density at radius 2 is 1.74 bits per heavy atom. The summed E-state index contributed by atoms with van der Waals surface area (Å²) in [4.78, 5) is 32.0. The van der Waals surface area contributed by atoms with Crippen molar-refractivity contribution in [2.24, 2.45) is 0 Å². The fourth-order valence-corrected chi connectivity index (χ4v) is 1.46. The van der Waals surface area contributed by atoms with Crippen LogP contribution in [0.3, 0.4) is 0 Å². The van der Waals surface area contributed by atoms with Crippen molar-refractivity contribution < 1.29 is 32.7 Å². The molecule has 1 atom stereocenters. The summed E-state index contributed by atoms with van der Waals surface area (Å²) in [5.74, 6) is -3.45. The number of alkyl halides is 3. The minimum Gasteiger partial charge on any atom is -0.480 e. The summed E-state index contributed by atoms with van der Waals surface area (Å²) in [5, 5.41) is 11.0. The molecular weight excluding hydrogens is 267 g/mol. The first-order valence-electron chi connectivity index (χ1n) is 5.74. The lowest BCUT2D eigenvalue weighted by Crippen LogP contribution is -2.39. The van der Waals surface area contributed by atoms with Crippen LogP contribution < -0.4 is 5.32 Å². The Labute approximate surface area is 108 Å². The molecule has 0 aromatic rings. The van der Waals surface area contributed by atoms with E-state index in [9.17, 15) is 27.6 Å². The van der Waals surface area contributed by atoms with E-state index in [1.165, 1.54) is 6.92 Å². The second-order valence-electron chi connectivity index (χ2n) is 4.11. The van der Waals surface area contributed by atoms with Gasteiger partial charge in [-0.3, -0.25) is 9.59 Å². The monoisotopic (exact) mass is 283 g/mol. The van der Waals surface area contributed by atoms with Crippen molar-refractivity contribution in [2.75, 3.05) is 0 Å². The number of carboxylic acid groups (broad SMARTS) is 1. The predicted octanol–water partition coefficient (Wildman–Crippen LogP) is 1.66. The van der Waals surface area contributed by atoms with Gasteiger partial charge >= 0.3 is 12.1 Å². The Morgan fingerprint density at radius 1 is 1.16 bits per heavy atom. The number of halogens is 3. The van der Waals surface area contributed by atoms with E-state index >= 15 is 0 Å². The van der Waals surface area contributed by atoms with Crippen molar-refractivity contribution in [3.63, 3.8) is 0 Å². The summed E-state index contributed by atoms with van der Waals surface area (Å²) in [5.41, 5.74) is 0. The van der Waals surface area contributed by atoms with Gasteiger partial charge in [0.2, 0.25) is 11.7 Å². The van der Waals surface area contributed by atoms with Crippen LogP contribution >= 0.6 is 0 Å². The van der Waals surface area contributed by atoms with Gasteiger partial charge in [-0.05, 0) is 12.8 Å². The largest absolute Gasteiger partial charge is 0.480 e. The fourth-order valence-electron chi connectivity index (χ4n) is 1.46. The number of unbranched alkanes of at least 4 members (excludes halogenated alkanes) is 2. The number of aliphatic carboxylic acids is 1. The zero-order valence-corrected chi connectivity index (χ0v) is 10.4. The summed E-state index contributed by atoms with van der Waals surface area (Å²) >= 11 is 0. The number of carboxylic acids is 1. The Balaban J connectivity index is 3.87. The van der Waals surface area contributed by atoms with E-state index in [0.29, 0.717) is 12.8 Å². The maximum Gasteiger partial charge on any atom is 0.449 e. The van der Waals surface area contributed by atoms with E-state index in [4.69, 9.17) is 5.11 Å². The Bertz CT molecular complexity index is 341. The Morgan fingerprint density at radius 3 is 2.16 bits per heavy atom. The molecule has 0 heterocycles. The predicted molar refractivity (Wildman–Crippen MR) is 59.4 cm³/mol. The molecule has 0 aliphatic heterocycles. The lowest BCUT2D eigenvalue weighted by Gasteiger charge is -2.12. The van der Waals surface area contributed by atoms with Crippen LogP contribution in [-0.2, 0) is 14.4 Å². The summed E-state index contributed by atoms with van der Waals surface area (Å²) in [6.07, 6.45) is -4.62. The van der Waals surface area contributed by atoms with Crippen LogP contribution in [0.4, 0.5) is 13.2 Å². The van der Waals surface area contributed by atoms with Crippen molar-refractivity contribution in [3.05, 3.63) is 0 Å². The first kappa shape index (κ1) is 17.4. The van der Waals surface area contributed by atoms with Crippen LogP contribution in [0.2, 0.25) is 0 Å². The third kappa shape index (κ3) is 8.17. The molecule has 0 aromatic heterocycles. The molecule has 0 fully saturated rings. The molecule has 0 aromatic carbocycles. The molecular formula is C11H16F3NO4. The number of Topliss-reactive ketones (excluding diaryl/α,β-unsaturated/α-hetero) is 1. The van der Waals surface area contributed by atoms with E-state index in [1.807, 2.05) is 0 Å². The molecule has 0 aliphatic rings. The fraction of sp³-hybridized carbons (Fsp3) is 0.727. The highest BCUT2D eigenvalue weighted by atomic mass is 19.4. The van der Waals surface area contributed by atoms with Crippen LogP contribution in [0.5, 0.6) is 0 Å². The third-order valence-electron chi connectivity index (χ3n) is 2.39. The normalized spacial score (nSPS) is 12.8. The van der Waals surface area contributed by atoms with E-state index in [1.54, 1.807) is 0 Å². The summed E-state index contributed by atoms with van der Waals surface area (Å²) < 4.78 is 35.6. The van der Waals surface area contributed by atoms with Gasteiger partial charge < -0.3 is 10.4 Å². The molecule has 5 nitrogen and oxygen atoms in total. The quantitative estimate of drug-likeness (QED) is 0.663. The van der Waals surface area contributed by atoms with Crippen LogP contribution in [0.25, 0.3) is 0 Å². The molecule has 0 bridgehead atoms. The van der Waals surface area contributed by atoms with Crippen LogP contribution in [0, 0.1) is 0 Å². The molecule has 1 amide bonds. The number of carbonyl (C=O) groups excluding carboxylic acids is 2. The molecule has 0 aliphatic carbocycles. The number of nitrogens with one attached hydrogen (secondary N) is 1. The summed E-state index contributed by atoms with van der Waals surface area (Å²) in [6.45, 7) is 1.18. The molecule has 8 heteroatoms. The maximum absolute atomic E-state index is 11.9. The molecule has 0 rings (SSSR count). The number of amides is 1. The second-order valence-corrected chi connectivity index (χ2v) is 4.11. The van der Waals surface area contributed by atoms with E-state index in [-0.39, 0.29) is 12.8 Å². The topological polar surface area (TPSA) is 83.5 Å². The number of rotatable bonds is 8. The van der Waals surface area contributed by atoms with Crippen molar-refractivity contribution >= 4 is 17.7 Å². The lowest BCUT2D eigenvalue weighted by atomic mass is 10.1. The molecule has 19 heavy (non-hydrogen) atoms.